The molecule has 0 spiro atoms. The van der Waals surface area contributed by atoms with E-state index in [-0.39, 0.29) is 35.9 Å². The largest absolute Gasteiger partial charge is 1.00 e. The van der Waals surface area contributed by atoms with Crippen LogP contribution in [0.5, 0.6) is 0 Å². The van der Waals surface area contributed by atoms with Crippen molar-refractivity contribution in [3.8, 4) is 0 Å². The van der Waals surface area contributed by atoms with Gasteiger partial charge >= 0.3 is 17.1 Å². The molecular formula is C3H5CuLi. The second-order valence-corrected chi connectivity index (χ2v) is 0.333. The summed E-state index contributed by atoms with van der Waals surface area (Å²) in [6.45, 7) is 6.50. The van der Waals surface area contributed by atoms with Gasteiger partial charge in [0.15, 0.2) is 0 Å². The molecule has 0 saturated carbocycles. The fraction of sp³-hybridized carbons (Fsp3) is 0.333. The minimum Gasteiger partial charge on any atom is -0.518 e. The van der Waals surface area contributed by atoms with Crippen molar-refractivity contribution in [2.75, 3.05) is 0 Å². The van der Waals surface area contributed by atoms with Gasteiger partial charge in [-0.1, -0.05) is 6.92 Å². The van der Waals surface area contributed by atoms with E-state index in [1.54, 1.807) is 6.92 Å². The van der Waals surface area contributed by atoms with Gasteiger partial charge in [0, 0.05) is 18.9 Å². The summed E-state index contributed by atoms with van der Waals surface area (Å²) in [6, 6.07) is 0. The molecule has 0 aliphatic heterocycles. The minimum atomic E-state index is 0. The van der Waals surface area contributed by atoms with Crippen LogP contribution < -0.4 is 0 Å². The summed E-state index contributed by atoms with van der Waals surface area (Å²) in [4.78, 5) is 0. The smallest absolute Gasteiger partial charge is 0.518 e. The fourth-order valence-electron chi connectivity index (χ4n) is 0. The molecule has 0 heterocycles. The first kappa shape index (κ1) is 16.9. The van der Waals surface area contributed by atoms with E-state index in [4.69, 9.17) is 6.58 Å². The van der Waals surface area contributed by atoms with Crippen LogP contribution in [-0.2, 0) is 17.1 Å². The van der Waals surface area contributed by atoms with Crippen LogP contribution in [0.2, 0.25) is 0 Å². The van der Waals surface area contributed by atoms with E-state index in [0.717, 1.165) is 0 Å². The summed E-state index contributed by atoms with van der Waals surface area (Å²) in [7, 11) is 0. The molecule has 0 saturated heterocycles. The molecule has 1 radical (unpaired) electrons. The molecule has 0 bridgehead atoms. The van der Waals surface area contributed by atoms with E-state index in [2.05, 4.69) is 0 Å². The van der Waals surface area contributed by atoms with Crippen molar-refractivity contribution in [1.29, 1.82) is 0 Å². The molecule has 0 amide bonds. The van der Waals surface area contributed by atoms with Gasteiger partial charge in [0.05, 0.1) is 0 Å². The van der Waals surface area contributed by atoms with E-state index in [9.17, 15) is 0 Å². The Bertz CT molecular complexity index is 14.4. The maximum absolute atomic E-state index is 4.72. The molecule has 0 rings (SSSR count). The first-order valence-corrected chi connectivity index (χ1v) is 0.911. The topological polar surface area (TPSA) is 0 Å². The van der Waals surface area contributed by atoms with Gasteiger partial charge in [0.2, 0.25) is 0 Å². The van der Waals surface area contributed by atoms with E-state index in [0.29, 0.717) is 0 Å². The van der Waals surface area contributed by atoms with Crippen LogP contribution in [-0.4, -0.2) is 18.9 Å². The molecule has 0 nitrogen and oxygen atoms in total. The van der Waals surface area contributed by atoms with Gasteiger partial charge in [-0.3, -0.25) is 6.08 Å². The molecular weight excluding hydrogens is 107 g/mol. The predicted molar refractivity (Wildman–Crippen MR) is 20.3 cm³/mol. The Morgan fingerprint density at radius 1 is 1.60 bits per heavy atom. The Morgan fingerprint density at radius 2 is 1.60 bits per heavy atom. The van der Waals surface area contributed by atoms with Gasteiger partial charge in [-0.05, 0) is 0 Å². The second-order valence-electron chi connectivity index (χ2n) is 0.333. The van der Waals surface area contributed by atoms with Crippen LogP contribution in [0.4, 0.5) is 0 Å². The molecule has 0 fully saturated rings. The zero-order valence-corrected chi connectivity index (χ0v) is 4.40. The van der Waals surface area contributed by atoms with Gasteiger partial charge in [-0.15, -0.1) is 0 Å². The van der Waals surface area contributed by atoms with Crippen molar-refractivity contribution in [1.82, 2.24) is 0 Å². The van der Waals surface area contributed by atoms with Gasteiger partial charge in [-0.25, -0.2) is 0 Å². The summed E-state index contributed by atoms with van der Waals surface area (Å²) in [5, 5.41) is 0. The fourth-order valence-corrected chi connectivity index (χ4v) is 0. The number of hydrogen-bond donors (Lipinski definition) is 0. The Labute approximate surface area is 55.7 Å². The first-order chi connectivity index (χ1) is 1.41. The van der Waals surface area contributed by atoms with E-state index in [1.807, 2.05) is 0 Å². The summed E-state index contributed by atoms with van der Waals surface area (Å²) >= 11 is 0. The Hall–Kier alpha value is 0.857. The molecule has 5 heavy (non-hydrogen) atoms. The van der Waals surface area contributed by atoms with E-state index >= 15 is 0 Å². The average molecular weight is 112 g/mol. The molecule has 0 unspecified atom stereocenters. The maximum atomic E-state index is 4.72. The summed E-state index contributed by atoms with van der Waals surface area (Å²) in [6.07, 6.45) is 1.50. The van der Waals surface area contributed by atoms with Crippen LogP contribution in [0.15, 0.2) is 6.08 Å². The van der Waals surface area contributed by atoms with Crippen LogP contribution in [0, 0.1) is 6.58 Å². The van der Waals surface area contributed by atoms with Crippen molar-refractivity contribution in [2.24, 2.45) is 0 Å². The molecule has 2 heteroatoms. The van der Waals surface area contributed by atoms with Crippen LogP contribution in [0.1, 0.15) is 6.92 Å². The third kappa shape index (κ3) is 54.0. The zero-order chi connectivity index (χ0) is 2.71. The monoisotopic (exact) mass is 111 g/mol. The molecule has 0 aliphatic rings. The van der Waals surface area contributed by atoms with Crippen molar-refractivity contribution in [3.63, 3.8) is 0 Å². The second kappa shape index (κ2) is 21.0. The Kier molecular flexibility index (Phi) is 70.9. The number of allylic oxidation sites excluding steroid dienone is 1. The molecule has 0 aromatic heterocycles. The standard InChI is InChI=1S/C3H5.Cu.Li/c1-3-2;;/h1,3H,2H3;;/q-1;+1;. The minimum absolute atomic E-state index is 0. The third-order valence-electron chi connectivity index (χ3n) is 0. The maximum Gasteiger partial charge on any atom is 1.00 e. The van der Waals surface area contributed by atoms with Crippen LogP contribution >= 0.6 is 0 Å². The first-order valence-electron chi connectivity index (χ1n) is 0.911. The molecule has 0 aromatic carbocycles. The average Bonchev–Trinajstić information content (AvgIpc) is 0.918. The molecule has 29 valence electrons. The normalized spacial score (nSPS) is 2.60. The van der Waals surface area contributed by atoms with Crippen molar-refractivity contribution < 1.29 is 17.1 Å². The van der Waals surface area contributed by atoms with Crippen molar-refractivity contribution in [2.45, 2.75) is 6.92 Å². The van der Waals surface area contributed by atoms with Gasteiger partial charge in [0.25, 0.3) is 0 Å². The number of hydrogen-bond acceptors (Lipinski definition) is 0. The molecule has 0 aliphatic carbocycles. The Balaban J connectivity index is -0.0000000200. The summed E-state index contributed by atoms with van der Waals surface area (Å²) in [5.41, 5.74) is 0. The van der Waals surface area contributed by atoms with Gasteiger partial charge in [-0.2, -0.15) is 0 Å². The van der Waals surface area contributed by atoms with Crippen molar-refractivity contribution in [3.05, 3.63) is 12.7 Å². The SMILES string of the molecule is [CH-]=CC.[Cu+].[Li]. The molecule has 0 aromatic rings. The molecule has 0 atom stereocenters. The Morgan fingerprint density at radius 3 is 1.60 bits per heavy atom. The van der Waals surface area contributed by atoms with Crippen LogP contribution in [0.3, 0.4) is 0 Å². The van der Waals surface area contributed by atoms with Crippen LogP contribution in [0.25, 0.3) is 0 Å². The van der Waals surface area contributed by atoms with Gasteiger partial charge in [0.1, 0.15) is 0 Å². The third-order valence-corrected chi connectivity index (χ3v) is 0. The van der Waals surface area contributed by atoms with Crippen molar-refractivity contribution >= 4 is 18.9 Å². The summed E-state index contributed by atoms with van der Waals surface area (Å²) in [5.74, 6) is 0. The van der Waals surface area contributed by atoms with E-state index in [1.165, 1.54) is 6.08 Å². The van der Waals surface area contributed by atoms with E-state index < -0.39 is 0 Å². The van der Waals surface area contributed by atoms with Gasteiger partial charge < -0.3 is 6.58 Å². The molecule has 0 N–H and O–H groups in total. The zero-order valence-electron chi connectivity index (χ0n) is 3.46. The predicted octanol–water partition coefficient (Wildman–Crippen LogP) is 0.612. The summed E-state index contributed by atoms with van der Waals surface area (Å²) < 4.78 is 0. The number of rotatable bonds is 0. The quantitative estimate of drug-likeness (QED) is 0.318.